The van der Waals surface area contributed by atoms with Crippen molar-refractivity contribution in [2.75, 3.05) is 11.5 Å². The molecule has 4 nitrogen and oxygen atoms in total. The van der Waals surface area contributed by atoms with Crippen molar-refractivity contribution in [1.29, 1.82) is 0 Å². The van der Waals surface area contributed by atoms with Crippen LogP contribution >= 0.6 is 23.4 Å². The predicted molar refractivity (Wildman–Crippen MR) is 71.8 cm³/mol. The molecule has 0 aliphatic rings. The topological polar surface area (TPSA) is 77.8 Å². The summed E-state index contributed by atoms with van der Waals surface area (Å²) in [4.78, 5) is 7.99. The first kappa shape index (κ1) is 12.9. The molecule has 0 aliphatic carbocycles. The van der Waals surface area contributed by atoms with Crippen molar-refractivity contribution in [3.05, 3.63) is 40.7 Å². The molecule has 18 heavy (non-hydrogen) atoms. The smallest absolute Gasteiger partial charge is 0.191 e. The Labute approximate surface area is 113 Å². The molecule has 4 N–H and O–H groups in total. The van der Waals surface area contributed by atoms with Gasteiger partial charge in [-0.2, -0.15) is 0 Å². The van der Waals surface area contributed by atoms with E-state index in [1.165, 1.54) is 23.9 Å². The summed E-state index contributed by atoms with van der Waals surface area (Å²) in [5.41, 5.74) is 11.5. The Kier molecular flexibility index (Phi) is 3.88. The second kappa shape index (κ2) is 5.41. The van der Waals surface area contributed by atoms with Crippen molar-refractivity contribution in [2.24, 2.45) is 0 Å². The number of nitrogens with zero attached hydrogens (tertiary/aromatic N) is 2. The van der Waals surface area contributed by atoms with Gasteiger partial charge in [0.2, 0.25) is 0 Å². The standard InChI is InChI=1S/C11H10ClFN4S/c12-7-2-1-3-8(13)6(7)5-18-11-16-9(14)4-10(15)17-11/h1-4H,5H2,(H4,14,15,16,17). The Bertz CT molecular complexity index is 538. The van der Waals surface area contributed by atoms with Crippen LogP contribution in [0.2, 0.25) is 5.02 Å². The fraction of sp³-hybridized carbons (Fsp3) is 0.0909. The highest BCUT2D eigenvalue weighted by atomic mass is 35.5. The molecule has 0 aliphatic heterocycles. The molecule has 7 heteroatoms. The van der Waals surface area contributed by atoms with Crippen molar-refractivity contribution in [3.8, 4) is 0 Å². The molecule has 2 aromatic rings. The molecule has 1 aromatic heterocycles. The van der Waals surface area contributed by atoms with Gasteiger partial charge in [0.1, 0.15) is 17.5 Å². The fourth-order valence-electron chi connectivity index (χ4n) is 1.33. The lowest BCUT2D eigenvalue weighted by Gasteiger charge is -2.05. The Morgan fingerprint density at radius 2 is 1.89 bits per heavy atom. The SMILES string of the molecule is Nc1cc(N)nc(SCc2c(F)cccc2Cl)n1. The van der Waals surface area contributed by atoms with Crippen molar-refractivity contribution < 1.29 is 4.39 Å². The summed E-state index contributed by atoms with van der Waals surface area (Å²) in [5, 5.41) is 0.770. The first-order chi connectivity index (χ1) is 8.56. The average Bonchev–Trinajstić information content (AvgIpc) is 2.27. The van der Waals surface area contributed by atoms with Gasteiger partial charge in [0.05, 0.1) is 0 Å². The Balaban J connectivity index is 2.16. The van der Waals surface area contributed by atoms with E-state index in [1.807, 2.05) is 0 Å². The number of halogens is 2. The van der Waals surface area contributed by atoms with Gasteiger partial charge in [0.25, 0.3) is 0 Å². The molecule has 2 rings (SSSR count). The Morgan fingerprint density at radius 1 is 1.22 bits per heavy atom. The summed E-state index contributed by atoms with van der Waals surface area (Å²) in [6.07, 6.45) is 0. The lowest BCUT2D eigenvalue weighted by Crippen LogP contribution is -1.99. The van der Waals surface area contributed by atoms with Crippen molar-refractivity contribution in [2.45, 2.75) is 10.9 Å². The molecule has 0 spiro atoms. The number of hydrogen-bond acceptors (Lipinski definition) is 5. The third-order valence-corrected chi connectivity index (χ3v) is 3.38. The van der Waals surface area contributed by atoms with Crippen molar-refractivity contribution in [3.63, 3.8) is 0 Å². The number of aromatic nitrogens is 2. The van der Waals surface area contributed by atoms with Crippen LogP contribution in [0.4, 0.5) is 16.0 Å². The monoisotopic (exact) mass is 284 g/mol. The second-order valence-electron chi connectivity index (χ2n) is 3.49. The van der Waals surface area contributed by atoms with E-state index in [0.29, 0.717) is 21.5 Å². The van der Waals surface area contributed by atoms with E-state index in [0.717, 1.165) is 0 Å². The van der Waals surface area contributed by atoms with Gasteiger partial charge in [-0.3, -0.25) is 0 Å². The van der Waals surface area contributed by atoms with Gasteiger partial charge in [-0.1, -0.05) is 29.4 Å². The predicted octanol–water partition coefficient (Wildman–Crippen LogP) is 2.73. The Hall–Kier alpha value is -1.53. The van der Waals surface area contributed by atoms with E-state index in [9.17, 15) is 4.39 Å². The fourth-order valence-corrected chi connectivity index (χ4v) is 2.55. The number of nitrogen functional groups attached to an aromatic ring is 2. The third-order valence-electron chi connectivity index (χ3n) is 2.15. The molecule has 0 radical (unpaired) electrons. The van der Waals surface area contributed by atoms with Gasteiger partial charge in [-0.05, 0) is 12.1 Å². The first-order valence-electron chi connectivity index (χ1n) is 5.02. The molecule has 0 saturated heterocycles. The number of anilines is 2. The van der Waals surface area contributed by atoms with E-state index in [2.05, 4.69) is 9.97 Å². The van der Waals surface area contributed by atoms with Crippen LogP contribution in [0.1, 0.15) is 5.56 Å². The van der Waals surface area contributed by atoms with Crippen LogP contribution in [0.5, 0.6) is 0 Å². The number of benzene rings is 1. The molecule has 1 aromatic carbocycles. The molecule has 94 valence electrons. The van der Waals surface area contributed by atoms with Crippen LogP contribution in [0, 0.1) is 5.82 Å². The minimum absolute atomic E-state index is 0.282. The molecule has 0 fully saturated rings. The summed E-state index contributed by atoms with van der Waals surface area (Å²) in [7, 11) is 0. The molecular weight excluding hydrogens is 275 g/mol. The number of rotatable bonds is 3. The number of hydrogen-bond donors (Lipinski definition) is 2. The number of nitrogens with two attached hydrogens (primary N) is 2. The van der Waals surface area contributed by atoms with Gasteiger partial charge in [-0.15, -0.1) is 0 Å². The maximum absolute atomic E-state index is 13.5. The third kappa shape index (κ3) is 3.02. The number of thioether (sulfide) groups is 1. The van der Waals surface area contributed by atoms with Crippen molar-refractivity contribution >= 4 is 35.0 Å². The molecule has 0 unspecified atom stereocenters. The zero-order valence-electron chi connectivity index (χ0n) is 9.23. The van der Waals surface area contributed by atoms with Gasteiger partial charge in [-0.25, -0.2) is 14.4 Å². The van der Waals surface area contributed by atoms with E-state index in [4.69, 9.17) is 23.1 Å². The van der Waals surface area contributed by atoms with Crippen molar-refractivity contribution in [1.82, 2.24) is 9.97 Å². The second-order valence-corrected chi connectivity index (χ2v) is 4.84. The lowest BCUT2D eigenvalue weighted by atomic mass is 10.2. The largest absolute Gasteiger partial charge is 0.383 e. The average molecular weight is 285 g/mol. The zero-order chi connectivity index (χ0) is 13.1. The van der Waals surface area contributed by atoms with Crippen LogP contribution < -0.4 is 11.5 Å². The maximum atomic E-state index is 13.5. The van der Waals surface area contributed by atoms with Crippen LogP contribution in [0.3, 0.4) is 0 Å². The maximum Gasteiger partial charge on any atom is 0.191 e. The molecule has 0 amide bonds. The minimum atomic E-state index is -0.355. The molecule has 0 atom stereocenters. The quantitative estimate of drug-likeness (QED) is 0.669. The summed E-state index contributed by atoms with van der Waals surface area (Å²) in [6, 6.07) is 6.01. The van der Waals surface area contributed by atoms with Crippen LogP contribution in [0.25, 0.3) is 0 Å². The Morgan fingerprint density at radius 3 is 2.50 bits per heavy atom. The van der Waals surface area contributed by atoms with Crippen LogP contribution in [-0.4, -0.2) is 9.97 Å². The van der Waals surface area contributed by atoms with Crippen LogP contribution in [-0.2, 0) is 5.75 Å². The van der Waals surface area contributed by atoms with E-state index in [1.54, 1.807) is 12.1 Å². The molecule has 0 bridgehead atoms. The van der Waals surface area contributed by atoms with Gasteiger partial charge in [0, 0.05) is 22.4 Å². The molecule has 0 saturated carbocycles. The summed E-state index contributed by atoms with van der Waals surface area (Å²) >= 11 is 7.14. The van der Waals surface area contributed by atoms with Crippen LogP contribution in [0.15, 0.2) is 29.4 Å². The van der Waals surface area contributed by atoms with E-state index < -0.39 is 0 Å². The molecular formula is C11H10ClFN4S. The highest BCUT2D eigenvalue weighted by Gasteiger charge is 2.09. The highest BCUT2D eigenvalue weighted by molar-refractivity contribution is 7.98. The summed E-state index contributed by atoms with van der Waals surface area (Å²) in [6.45, 7) is 0. The van der Waals surface area contributed by atoms with Gasteiger partial charge in [0.15, 0.2) is 5.16 Å². The summed E-state index contributed by atoms with van der Waals surface area (Å²) < 4.78 is 13.5. The van der Waals surface area contributed by atoms with Gasteiger partial charge >= 0.3 is 0 Å². The highest BCUT2D eigenvalue weighted by Crippen LogP contribution is 2.27. The zero-order valence-corrected chi connectivity index (χ0v) is 10.8. The normalized spacial score (nSPS) is 10.6. The summed E-state index contributed by atoms with van der Waals surface area (Å²) in [5.74, 6) is 0.523. The lowest BCUT2D eigenvalue weighted by molar-refractivity contribution is 0.617. The minimum Gasteiger partial charge on any atom is -0.383 e. The first-order valence-corrected chi connectivity index (χ1v) is 6.38. The van der Waals surface area contributed by atoms with Gasteiger partial charge < -0.3 is 11.5 Å². The van der Waals surface area contributed by atoms with E-state index in [-0.39, 0.29) is 17.5 Å². The molecule has 1 heterocycles. The van der Waals surface area contributed by atoms with E-state index >= 15 is 0 Å².